The largest absolute Gasteiger partial charge is 0.496 e. The van der Waals surface area contributed by atoms with Crippen LogP contribution in [0.25, 0.3) is 0 Å². The van der Waals surface area contributed by atoms with Gasteiger partial charge in [0.2, 0.25) is 0 Å². The molecule has 0 aromatic heterocycles. The summed E-state index contributed by atoms with van der Waals surface area (Å²) in [7, 11) is 3.43. The number of rotatable bonds is 5. The molecule has 1 aliphatic rings. The molecule has 3 heteroatoms. The third-order valence-electron chi connectivity index (χ3n) is 3.02. The van der Waals surface area contributed by atoms with E-state index in [2.05, 4.69) is 12.1 Å². The Hall–Kier alpha value is -1.22. The zero-order chi connectivity index (χ0) is 11.5. The molecule has 0 unspecified atom stereocenters. The first kappa shape index (κ1) is 11.3. The minimum atomic E-state index is 0.622. The molecule has 88 valence electrons. The zero-order valence-electron chi connectivity index (χ0n) is 9.95. The van der Waals surface area contributed by atoms with Crippen molar-refractivity contribution >= 4 is 0 Å². The summed E-state index contributed by atoms with van der Waals surface area (Å²) in [5, 5.41) is 0. The maximum absolute atomic E-state index is 5.57. The van der Waals surface area contributed by atoms with E-state index in [1.165, 1.54) is 24.0 Å². The minimum absolute atomic E-state index is 0.622. The fourth-order valence-electron chi connectivity index (χ4n) is 2.08. The monoisotopic (exact) mass is 221 g/mol. The molecular weight excluding hydrogens is 202 g/mol. The Morgan fingerprint density at radius 1 is 1.19 bits per heavy atom. The predicted molar refractivity (Wildman–Crippen MR) is 64.3 cm³/mol. The highest BCUT2D eigenvalue weighted by Crippen LogP contribution is 2.49. The van der Waals surface area contributed by atoms with Gasteiger partial charge in [-0.05, 0) is 49.4 Å². The van der Waals surface area contributed by atoms with Gasteiger partial charge in [0.05, 0.1) is 14.2 Å². The van der Waals surface area contributed by atoms with E-state index in [4.69, 9.17) is 15.2 Å². The van der Waals surface area contributed by atoms with Crippen molar-refractivity contribution < 1.29 is 9.47 Å². The van der Waals surface area contributed by atoms with E-state index >= 15 is 0 Å². The van der Waals surface area contributed by atoms with Crippen molar-refractivity contribution in [2.75, 3.05) is 20.8 Å². The van der Waals surface area contributed by atoms with E-state index in [0.717, 1.165) is 17.9 Å². The van der Waals surface area contributed by atoms with E-state index in [1.54, 1.807) is 14.2 Å². The molecule has 1 aliphatic carbocycles. The fraction of sp³-hybridized carbons (Fsp3) is 0.538. The van der Waals surface area contributed by atoms with Crippen molar-refractivity contribution in [3.05, 3.63) is 23.3 Å². The first-order chi connectivity index (χ1) is 7.80. The minimum Gasteiger partial charge on any atom is -0.496 e. The summed E-state index contributed by atoms with van der Waals surface area (Å²) in [6, 6.07) is 4.17. The lowest BCUT2D eigenvalue weighted by molar-refractivity contribution is 0.384. The molecule has 1 saturated carbocycles. The van der Waals surface area contributed by atoms with Crippen LogP contribution in [-0.4, -0.2) is 20.8 Å². The molecule has 0 heterocycles. The van der Waals surface area contributed by atoms with E-state index in [9.17, 15) is 0 Å². The van der Waals surface area contributed by atoms with Crippen molar-refractivity contribution in [3.63, 3.8) is 0 Å². The molecule has 2 N–H and O–H groups in total. The molecule has 0 atom stereocenters. The second-order valence-electron chi connectivity index (χ2n) is 4.23. The van der Waals surface area contributed by atoms with Crippen molar-refractivity contribution in [3.8, 4) is 11.5 Å². The van der Waals surface area contributed by atoms with Crippen LogP contribution in [0, 0.1) is 0 Å². The van der Waals surface area contributed by atoms with Gasteiger partial charge in [0.25, 0.3) is 0 Å². The summed E-state index contributed by atoms with van der Waals surface area (Å²) in [5.41, 5.74) is 7.98. The Labute approximate surface area is 96.5 Å². The second-order valence-corrected chi connectivity index (χ2v) is 4.23. The van der Waals surface area contributed by atoms with E-state index < -0.39 is 0 Å². The van der Waals surface area contributed by atoms with Gasteiger partial charge in [-0.2, -0.15) is 0 Å². The summed E-state index contributed by atoms with van der Waals surface area (Å²) >= 11 is 0. The van der Waals surface area contributed by atoms with Gasteiger partial charge in [0, 0.05) is 5.56 Å². The summed E-state index contributed by atoms with van der Waals surface area (Å²) in [5.74, 6) is 2.52. The SMILES string of the molecule is COc1cc(CCN)cc(OC)c1C1CC1. The van der Waals surface area contributed by atoms with Gasteiger partial charge in [-0.25, -0.2) is 0 Å². The number of hydrogen-bond acceptors (Lipinski definition) is 3. The van der Waals surface area contributed by atoms with Gasteiger partial charge in [-0.1, -0.05) is 0 Å². The van der Waals surface area contributed by atoms with Crippen LogP contribution in [-0.2, 0) is 6.42 Å². The average molecular weight is 221 g/mol. The van der Waals surface area contributed by atoms with Crippen molar-refractivity contribution in [2.45, 2.75) is 25.2 Å². The standard InChI is InChI=1S/C13H19NO2/c1-15-11-7-9(5-6-14)8-12(16-2)13(11)10-3-4-10/h7-8,10H,3-6,14H2,1-2H3. The Balaban J connectivity index is 2.41. The lowest BCUT2D eigenvalue weighted by Crippen LogP contribution is -2.04. The Morgan fingerprint density at radius 3 is 2.12 bits per heavy atom. The molecule has 0 spiro atoms. The molecule has 1 aromatic carbocycles. The van der Waals surface area contributed by atoms with E-state index in [-0.39, 0.29) is 0 Å². The number of ether oxygens (including phenoxy) is 2. The van der Waals surface area contributed by atoms with E-state index in [1.807, 2.05) is 0 Å². The lowest BCUT2D eigenvalue weighted by Gasteiger charge is -2.14. The van der Waals surface area contributed by atoms with Crippen LogP contribution in [0.5, 0.6) is 11.5 Å². The highest BCUT2D eigenvalue weighted by atomic mass is 16.5. The molecule has 0 saturated heterocycles. The zero-order valence-corrected chi connectivity index (χ0v) is 9.95. The normalized spacial score (nSPS) is 14.9. The number of methoxy groups -OCH3 is 2. The fourth-order valence-corrected chi connectivity index (χ4v) is 2.08. The van der Waals surface area contributed by atoms with Gasteiger partial charge in [0.15, 0.2) is 0 Å². The summed E-state index contributed by atoms with van der Waals surface area (Å²) < 4.78 is 10.9. The second kappa shape index (κ2) is 4.74. The summed E-state index contributed by atoms with van der Waals surface area (Å²) in [6.07, 6.45) is 3.34. The maximum atomic E-state index is 5.57. The first-order valence-electron chi connectivity index (χ1n) is 5.75. The molecule has 16 heavy (non-hydrogen) atoms. The molecular formula is C13H19NO2. The van der Waals surface area contributed by atoms with Gasteiger partial charge in [0.1, 0.15) is 11.5 Å². The number of hydrogen-bond donors (Lipinski definition) is 1. The van der Waals surface area contributed by atoms with Crippen LogP contribution in [0.15, 0.2) is 12.1 Å². The van der Waals surface area contributed by atoms with Crippen LogP contribution in [0.2, 0.25) is 0 Å². The Kier molecular flexibility index (Phi) is 3.34. The third kappa shape index (κ3) is 2.14. The van der Waals surface area contributed by atoms with Crippen LogP contribution >= 0.6 is 0 Å². The molecule has 0 bridgehead atoms. The Morgan fingerprint density at radius 2 is 1.75 bits per heavy atom. The van der Waals surface area contributed by atoms with Crippen LogP contribution < -0.4 is 15.2 Å². The van der Waals surface area contributed by atoms with Gasteiger partial charge in [-0.15, -0.1) is 0 Å². The molecule has 1 fully saturated rings. The quantitative estimate of drug-likeness (QED) is 0.828. The predicted octanol–water partition coefficient (Wildman–Crippen LogP) is 2.08. The number of nitrogens with two attached hydrogens (primary N) is 1. The van der Waals surface area contributed by atoms with Gasteiger partial charge >= 0.3 is 0 Å². The molecule has 1 aromatic rings. The highest BCUT2D eigenvalue weighted by Gasteiger charge is 2.30. The topological polar surface area (TPSA) is 44.5 Å². The smallest absolute Gasteiger partial charge is 0.126 e. The molecule has 0 radical (unpaired) electrons. The van der Waals surface area contributed by atoms with Crippen LogP contribution in [0.1, 0.15) is 29.9 Å². The average Bonchev–Trinajstić information content (AvgIpc) is 3.12. The molecule has 3 nitrogen and oxygen atoms in total. The van der Waals surface area contributed by atoms with Crippen LogP contribution in [0.3, 0.4) is 0 Å². The van der Waals surface area contributed by atoms with Gasteiger partial charge < -0.3 is 15.2 Å². The highest BCUT2D eigenvalue weighted by molar-refractivity contribution is 5.51. The molecule has 0 aliphatic heterocycles. The van der Waals surface area contributed by atoms with Crippen LogP contribution in [0.4, 0.5) is 0 Å². The first-order valence-corrected chi connectivity index (χ1v) is 5.75. The van der Waals surface area contributed by atoms with Crippen molar-refractivity contribution in [1.29, 1.82) is 0 Å². The summed E-state index contributed by atoms with van der Waals surface area (Å²) in [4.78, 5) is 0. The Bertz CT molecular complexity index is 347. The van der Waals surface area contributed by atoms with Crippen molar-refractivity contribution in [1.82, 2.24) is 0 Å². The van der Waals surface area contributed by atoms with E-state index in [0.29, 0.717) is 12.5 Å². The maximum Gasteiger partial charge on any atom is 0.126 e. The van der Waals surface area contributed by atoms with Gasteiger partial charge in [-0.3, -0.25) is 0 Å². The molecule has 0 amide bonds. The lowest BCUT2D eigenvalue weighted by atomic mass is 10.0. The molecule has 2 rings (SSSR count). The number of benzene rings is 1. The third-order valence-corrected chi connectivity index (χ3v) is 3.02. The van der Waals surface area contributed by atoms with Crippen molar-refractivity contribution in [2.24, 2.45) is 5.73 Å². The summed E-state index contributed by atoms with van der Waals surface area (Å²) in [6.45, 7) is 0.648.